The smallest absolute Gasteiger partial charge is 0.203 e. The van der Waals surface area contributed by atoms with E-state index in [2.05, 4.69) is 28.2 Å². The first-order chi connectivity index (χ1) is 17.1. The molecular weight excluding hydrogens is 464 g/mol. The molecule has 0 saturated carbocycles. The van der Waals surface area contributed by atoms with Gasteiger partial charge in [0.05, 0.1) is 43.6 Å². The number of hydrogen-bond acceptors (Lipinski definition) is 5. The molecular formula is C27H21ClN4O3. The van der Waals surface area contributed by atoms with Crippen molar-refractivity contribution in [2.24, 2.45) is 0 Å². The highest BCUT2D eigenvalue weighted by molar-refractivity contribution is 6.31. The Bertz CT molecular complexity index is 1710. The highest BCUT2D eigenvalue weighted by Crippen LogP contribution is 2.43. The maximum atomic E-state index is 6.19. The van der Waals surface area contributed by atoms with Crippen molar-refractivity contribution in [1.82, 2.24) is 19.9 Å². The molecule has 0 saturated heterocycles. The van der Waals surface area contributed by atoms with E-state index < -0.39 is 0 Å². The van der Waals surface area contributed by atoms with Crippen LogP contribution in [0.1, 0.15) is 0 Å². The van der Waals surface area contributed by atoms with Gasteiger partial charge in [0.25, 0.3) is 0 Å². The molecule has 0 aliphatic rings. The summed E-state index contributed by atoms with van der Waals surface area (Å²) in [5.41, 5.74) is 5.86. The summed E-state index contributed by atoms with van der Waals surface area (Å²) >= 11 is 6.19. The lowest BCUT2D eigenvalue weighted by molar-refractivity contribution is 0.324. The van der Waals surface area contributed by atoms with Crippen molar-refractivity contribution in [1.29, 1.82) is 0 Å². The number of halogens is 1. The molecule has 35 heavy (non-hydrogen) atoms. The fourth-order valence-electron chi connectivity index (χ4n) is 4.50. The Hall–Kier alpha value is -4.23. The quantitative estimate of drug-likeness (QED) is 0.288. The highest BCUT2D eigenvalue weighted by Gasteiger charge is 2.20. The molecule has 0 bridgehead atoms. The van der Waals surface area contributed by atoms with E-state index in [4.69, 9.17) is 35.8 Å². The molecule has 2 N–H and O–H groups in total. The van der Waals surface area contributed by atoms with Gasteiger partial charge in [-0.25, -0.2) is 9.97 Å². The van der Waals surface area contributed by atoms with Crippen molar-refractivity contribution in [2.45, 2.75) is 0 Å². The third-order valence-corrected chi connectivity index (χ3v) is 6.36. The Morgan fingerprint density at radius 1 is 0.743 bits per heavy atom. The van der Waals surface area contributed by atoms with Gasteiger partial charge in [-0.2, -0.15) is 0 Å². The van der Waals surface area contributed by atoms with E-state index in [0.29, 0.717) is 33.8 Å². The van der Waals surface area contributed by atoms with E-state index >= 15 is 0 Å². The average molecular weight is 485 g/mol. The summed E-state index contributed by atoms with van der Waals surface area (Å²) in [4.78, 5) is 16.7. The second kappa shape index (κ2) is 8.21. The van der Waals surface area contributed by atoms with Crippen molar-refractivity contribution in [3.05, 3.63) is 65.7 Å². The van der Waals surface area contributed by atoms with Crippen molar-refractivity contribution in [2.75, 3.05) is 21.3 Å². The number of aromatic amines is 2. The molecule has 0 spiro atoms. The minimum atomic E-state index is 0.525. The van der Waals surface area contributed by atoms with Crippen LogP contribution in [-0.2, 0) is 0 Å². The monoisotopic (exact) mass is 484 g/mol. The van der Waals surface area contributed by atoms with Gasteiger partial charge in [-0.1, -0.05) is 29.8 Å². The third kappa shape index (κ3) is 3.43. The molecule has 3 aromatic carbocycles. The lowest BCUT2D eigenvalue weighted by atomic mass is 10.0. The van der Waals surface area contributed by atoms with Crippen molar-refractivity contribution < 1.29 is 14.2 Å². The van der Waals surface area contributed by atoms with E-state index in [9.17, 15) is 0 Å². The van der Waals surface area contributed by atoms with Crippen LogP contribution in [0.2, 0.25) is 5.02 Å². The number of nitrogens with one attached hydrogen (secondary N) is 2. The van der Waals surface area contributed by atoms with E-state index in [-0.39, 0.29) is 0 Å². The molecule has 0 aliphatic heterocycles. The van der Waals surface area contributed by atoms with Crippen LogP contribution >= 0.6 is 11.6 Å². The Kier molecular flexibility index (Phi) is 5.00. The molecule has 6 rings (SSSR count). The number of nitrogens with zero attached hydrogens (tertiary/aromatic N) is 2. The molecule has 0 amide bonds. The third-order valence-electron chi connectivity index (χ3n) is 6.12. The molecule has 6 aromatic rings. The molecule has 174 valence electrons. The second-order valence-electron chi connectivity index (χ2n) is 8.11. The Morgan fingerprint density at radius 2 is 1.51 bits per heavy atom. The highest BCUT2D eigenvalue weighted by atomic mass is 35.5. The van der Waals surface area contributed by atoms with Crippen molar-refractivity contribution >= 4 is 44.4 Å². The van der Waals surface area contributed by atoms with Gasteiger partial charge in [0.2, 0.25) is 5.75 Å². The zero-order valence-electron chi connectivity index (χ0n) is 19.3. The maximum Gasteiger partial charge on any atom is 0.203 e. The number of hydrogen-bond donors (Lipinski definition) is 2. The van der Waals surface area contributed by atoms with Gasteiger partial charge < -0.3 is 24.2 Å². The summed E-state index contributed by atoms with van der Waals surface area (Å²) in [5, 5.41) is 2.78. The van der Waals surface area contributed by atoms with Crippen LogP contribution in [0.4, 0.5) is 0 Å². The van der Waals surface area contributed by atoms with Gasteiger partial charge in [-0.15, -0.1) is 0 Å². The van der Waals surface area contributed by atoms with Gasteiger partial charge in [0, 0.05) is 26.9 Å². The van der Waals surface area contributed by atoms with E-state index in [1.807, 2.05) is 42.5 Å². The first-order valence-corrected chi connectivity index (χ1v) is 11.3. The average Bonchev–Trinajstić information content (AvgIpc) is 3.48. The number of rotatable bonds is 5. The lowest BCUT2D eigenvalue weighted by Crippen LogP contribution is -1.97. The molecule has 0 unspecified atom stereocenters. The van der Waals surface area contributed by atoms with Crippen LogP contribution < -0.4 is 14.2 Å². The summed E-state index contributed by atoms with van der Waals surface area (Å²) in [5.74, 6) is 2.29. The minimum Gasteiger partial charge on any atom is -0.493 e. The van der Waals surface area contributed by atoms with Crippen LogP contribution in [0.15, 0.2) is 60.7 Å². The zero-order valence-corrected chi connectivity index (χ0v) is 20.0. The first kappa shape index (κ1) is 21.3. The minimum absolute atomic E-state index is 0.525. The van der Waals surface area contributed by atoms with Gasteiger partial charge in [-0.05, 0) is 42.5 Å². The van der Waals surface area contributed by atoms with E-state index in [1.165, 1.54) is 0 Å². The largest absolute Gasteiger partial charge is 0.493 e. The summed E-state index contributed by atoms with van der Waals surface area (Å²) in [6.45, 7) is 0. The molecule has 3 heterocycles. The van der Waals surface area contributed by atoms with Crippen LogP contribution in [0.5, 0.6) is 17.2 Å². The molecule has 3 aromatic heterocycles. The number of ether oxygens (including phenoxy) is 3. The normalized spacial score (nSPS) is 11.4. The molecule has 8 heteroatoms. The van der Waals surface area contributed by atoms with Crippen molar-refractivity contribution in [3.63, 3.8) is 0 Å². The molecule has 0 atom stereocenters. The Morgan fingerprint density at radius 3 is 2.26 bits per heavy atom. The number of imidazole rings is 1. The van der Waals surface area contributed by atoms with Gasteiger partial charge >= 0.3 is 0 Å². The first-order valence-electron chi connectivity index (χ1n) is 11.0. The number of fused-ring (bicyclic) bond motifs is 4. The number of H-pyrrole nitrogens is 2. The van der Waals surface area contributed by atoms with Crippen molar-refractivity contribution in [3.8, 4) is 40.0 Å². The summed E-state index contributed by atoms with van der Waals surface area (Å²) < 4.78 is 16.7. The SMILES string of the molecule is COc1cc(-c2nc(-c3nc4ccc(Cl)cc4[nH]3)cc3c2[nH]c2ccccc23)cc(OC)c1OC. The number of para-hydroxylation sites is 1. The zero-order chi connectivity index (χ0) is 24.1. The summed E-state index contributed by atoms with van der Waals surface area (Å²) in [6.07, 6.45) is 0. The number of benzene rings is 3. The maximum absolute atomic E-state index is 6.19. The van der Waals surface area contributed by atoms with E-state index in [0.717, 1.165) is 44.1 Å². The Labute approximate surface area is 205 Å². The van der Waals surface area contributed by atoms with Crippen LogP contribution in [0.3, 0.4) is 0 Å². The van der Waals surface area contributed by atoms with Crippen LogP contribution in [0, 0.1) is 0 Å². The Balaban J connectivity index is 1.67. The van der Waals surface area contributed by atoms with Gasteiger partial charge in [0.1, 0.15) is 5.69 Å². The molecule has 0 fully saturated rings. The predicted molar refractivity (Wildman–Crippen MR) is 139 cm³/mol. The number of aromatic nitrogens is 4. The van der Waals surface area contributed by atoms with Gasteiger partial charge in [0.15, 0.2) is 17.3 Å². The van der Waals surface area contributed by atoms with Crippen LogP contribution in [0.25, 0.3) is 55.6 Å². The summed E-state index contributed by atoms with van der Waals surface area (Å²) in [6, 6.07) is 19.6. The second-order valence-corrected chi connectivity index (χ2v) is 8.55. The van der Waals surface area contributed by atoms with Gasteiger partial charge in [-0.3, -0.25) is 0 Å². The molecule has 7 nitrogen and oxygen atoms in total. The molecule has 0 aliphatic carbocycles. The molecule has 0 radical (unpaired) electrons. The number of methoxy groups -OCH3 is 3. The summed E-state index contributed by atoms with van der Waals surface area (Å²) in [7, 11) is 4.79. The van der Waals surface area contributed by atoms with E-state index in [1.54, 1.807) is 21.3 Å². The fraction of sp³-hybridized carbons (Fsp3) is 0.111. The lowest BCUT2D eigenvalue weighted by Gasteiger charge is -2.14. The fourth-order valence-corrected chi connectivity index (χ4v) is 4.67. The predicted octanol–water partition coefficient (Wildman–Crippen LogP) is 6.61. The topological polar surface area (TPSA) is 85.1 Å². The van der Waals surface area contributed by atoms with Crippen LogP contribution in [-0.4, -0.2) is 41.3 Å². The standard InChI is InChI=1S/C27H21ClN4O3/c1-33-22-10-14(11-23(34-2)26(22)35-3)24-25-17(16-6-4-5-7-18(16)29-25)13-21(30-24)27-31-19-9-8-15(28)12-20(19)32-27/h4-13,29H,1-3H3,(H,31,32). The number of pyridine rings is 1.